The van der Waals surface area contributed by atoms with Crippen molar-refractivity contribution in [2.45, 2.75) is 30.2 Å². The van der Waals surface area contributed by atoms with Gasteiger partial charge in [0.1, 0.15) is 0 Å². The molecule has 1 aromatic carbocycles. The average Bonchev–Trinajstić information content (AvgIpc) is 2.85. The summed E-state index contributed by atoms with van der Waals surface area (Å²) in [6, 6.07) is 4.97. The first-order valence-electron chi connectivity index (χ1n) is 7.08. The minimum Gasteiger partial charge on any atom is -0.328 e. The molecule has 0 amide bonds. The van der Waals surface area contributed by atoms with E-state index in [1.165, 1.54) is 0 Å². The molecule has 1 saturated heterocycles. The quantitative estimate of drug-likeness (QED) is 0.840. The van der Waals surface area contributed by atoms with Crippen molar-refractivity contribution in [2.24, 2.45) is 17.6 Å². The van der Waals surface area contributed by atoms with Crippen LogP contribution in [0.1, 0.15) is 19.3 Å². The summed E-state index contributed by atoms with van der Waals surface area (Å²) in [4.78, 5) is 0.293. The molecule has 3 atom stereocenters. The lowest BCUT2D eigenvalue weighted by molar-refractivity contribution is 0.271. The van der Waals surface area contributed by atoms with Crippen LogP contribution in [0.5, 0.6) is 0 Å². The summed E-state index contributed by atoms with van der Waals surface area (Å²) in [5, 5.41) is 0.509. The molecule has 1 aromatic rings. The Bertz CT molecular complexity index is 652. The summed E-state index contributed by atoms with van der Waals surface area (Å²) in [5.74, 6) is 0.856. The largest absolute Gasteiger partial charge is 0.328 e. The van der Waals surface area contributed by atoms with E-state index in [0.29, 0.717) is 39.3 Å². The molecule has 0 radical (unpaired) electrons. The Hall–Kier alpha value is -0.140. The van der Waals surface area contributed by atoms with Gasteiger partial charge in [0.05, 0.1) is 9.92 Å². The second-order valence-corrected chi connectivity index (χ2v) is 9.19. The third-order valence-corrected chi connectivity index (χ3v) is 7.63. The zero-order valence-corrected chi connectivity index (χ0v) is 14.7. The monoisotopic (exact) mass is 392 g/mol. The number of nitrogens with two attached hydrogens (primary N) is 1. The number of hydrogen-bond donors (Lipinski definition) is 1. The molecule has 1 aliphatic carbocycles. The third-order valence-electron chi connectivity index (χ3n) is 4.59. The molecule has 1 heterocycles. The van der Waals surface area contributed by atoms with Crippen LogP contribution in [0.25, 0.3) is 0 Å². The number of halogens is 2. The van der Waals surface area contributed by atoms with Crippen LogP contribution >= 0.6 is 27.5 Å². The molecule has 2 N–H and O–H groups in total. The van der Waals surface area contributed by atoms with Gasteiger partial charge in [-0.1, -0.05) is 11.6 Å². The summed E-state index contributed by atoms with van der Waals surface area (Å²) in [5.41, 5.74) is 6.00. The molecule has 0 bridgehead atoms. The molecule has 4 nitrogen and oxygen atoms in total. The molecule has 2 aliphatic rings. The number of nitrogens with zero attached hydrogens (tertiary/aromatic N) is 1. The molecule has 0 spiro atoms. The van der Waals surface area contributed by atoms with Gasteiger partial charge >= 0.3 is 0 Å². The highest BCUT2D eigenvalue weighted by Gasteiger charge is 2.41. The Morgan fingerprint density at radius 1 is 1.24 bits per heavy atom. The van der Waals surface area contributed by atoms with Gasteiger partial charge in [0.15, 0.2) is 0 Å². The lowest BCUT2D eigenvalue weighted by Crippen LogP contribution is -2.32. The normalized spacial score (nSPS) is 30.3. The highest BCUT2D eigenvalue weighted by atomic mass is 79.9. The van der Waals surface area contributed by atoms with Crippen LogP contribution in [0.4, 0.5) is 0 Å². The van der Waals surface area contributed by atoms with Crippen molar-refractivity contribution in [3.8, 4) is 0 Å². The van der Waals surface area contributed by atoms with Crippen LogP contribution in [0, 0.1) is 11.8 Å². The summed E-state index contributed by atoms with van der Waals surface area (Å²) < 4.78 is 27.7. The van der Waals surface area contributed by atoms with Gasteiger partial charge in [0, 0.05) is 23.6 Å². The van der Waals surface area contributed by atoms with E-state index in [1.807, 2.05) is 0 Å². The molecule has 2 fully saturated rings. The minimum atomic E-state index is -3.45. The molecule has 1 saturated carbocycles. The van der Waals surface area contributed by atoms with Gasteiger partial charge in [-0.05, 0) is 65.2 Å². The molecule has 1 unspecified atom stereocenters. The summed E-state index contributed by atoms with van der Waals surface area (Å²) in [7, 11) is -3.45. The first-order valence-corrected chi connectivity index (χ1v) is 9.70. The maximum Gasteiger partial charge on any atom is 0.243 e. The Labute approximate surface area is 138 Å². The molecule has 7 heteroatoms. The van der Waals surface area contributed by atoms with E-state index in [4.69, 9.17) is 17.3 Å². The van der Waals surface area contributed by atoms with Crippen LogP contribution in [0.3, 0.4) is 0 Å². The predicted molar refractivity (Wildman–Crippen MR) is 86.7 cm³/mol. The highest BCUT2D eigenvalue weighted by Crippen LogP contribution is 2.38. The van der Waals surface area contributed by atoms with Crippen molar-refractivity contribution < 1.29 is 8.42 Å². The van der Waals surface area contributed by atoms with E-state index < -0.39 is 10.0 Å². The molecule has 3 rings (SSSR count). The summed E-state index contributed by atoms with van der Waals surface area (Å²) in [6.45, 7) is 1.20. The summed E-state index contributed by atoms with van der Waals surface area (Å²) in [6.07, 6.45) is 2.96. The molecular formula is C14H18BrClN2O2S. The van der Waals surface area contributed by atoms with Crippen LogP contribution in [0.15, 0.2) is 27.6 Å². The van der Waals surface area contributed by atoms with Gasteiger partial charge in [-0.2, -0.15) is 4.31 Å². The van der Waals surface area contributed by atoms with Gasteiger partial charge < -0.3 is 5.73 Å². The zero-order chi connectivity index (χ0) is 15.2. The molecule has 0 aromatic heterocycles. The zero-order valence-electron chi connectivity index (χ0n) is 11.5. The lowest BCUT2D eigenvalue weighted by atomic mass is 9.79. The fraction of sp³-hybridized carbons (Fsp3) is 0.571. The van der Waals surface area contributed by atoms with E-state index in [2.05, 4.69) is 15.9 Å². The van der Waals surface area contributed by atoms with Crippen molar-refractivity contribution in [1.82, 2.24) is 4.31 Å². The first kappa shape index (κ1) is 15.7. The maximum absolute atomic E-state index is 12.8. The molecular weight excluding hydrogens is 376 g/mol. The van der Waals surface area contributed by atoms with E-state index in [0.717, 1.165) is 19.3 Å². The second kappa shape index (κ2) is 5.81. The van der Waals surface area contributed by atoms with Crippen molar-refractivity contribution in [1.29, 1.82) is 0 Å². The molecule has 1 aliphatic heterocycles. The van der Waals surface area contributed by atoms with Crippen molar-refractivity contribution in [2.75, 3.05) is 13.1 Å². The smallest absolute Gasteiger partial charge is 0.243 e. The number of benzene rings is 1. The summed E-state index contributed by atoms with van der Waals surface area (Å²) >= 11 is 9.22. The van der Waals surface area contributed by atoms with Crippen molar-refractivity contribution in [3.05, 3.63) is 27.7 Å². The number of fused-ring (bicyclic) bond motifs is 1. The fourth-order valence-corrected chi connectivity index (χ4v) is 5.64. The van der Waals surface area contributed by atoms with Gasteiger partial charge in [-0.15, -0.1) is 0 Å². The van der Waals surface area contributed by atoms with E-state index in [1.54, 1.807) is 22.5 Å². The Morgan fingerprint density at radius 2 is 1.95 bits per heavy atom. The number of hydrogen-bond acceptors (Lipinski definition) is 3. The van der Waals surface area contributed by atoms with Crippen molar-refractivity contribution in [3.63, 3.8) is 0 Å². The average molecular weight is 394 g/mol. The lowest BCUT2D eigenvalue weighted by Gasteiger charge is -2.28. The van der Waals surface area contributed by atoms with Gasteiger partial charge in [-0.3, -0.25) is 0 Å². The van der Waals surface area contributed by atoms with Crippen molar-refractivity contribution >= 4 is 37.6 Å². The molecule has 116 valence electrons. The fourth-order valence-electron chi connectivity index (χ4n) is 3.41. The van der Waals surface area contributed by atoms with Gasteiger partial charge in [0.25, 0.3) is 0 Å². The minimum absolute atomic E-state index is 0.221. The highest BCUT2D eigenvalue weighted by molar-refractivity contribution is 9.10. The van der Waals surface area contributed by atoms with E-state index in [-0.39, 0.29) is 6.04 Å². The van der Waals surface area contributed by atoms with Crippen LogP contribution in [-0.2, 0) is 10.0 Å². The Kier molecular flexibility index (Phi) is 4.36. The van der Waals surface area contributed by atoms with E-state index in [9.17, 15) is 8.42 Å². The number of rotatable bonds is 2. The van der Waals surface area contributed by atoms with Crippen LogP contribution in [0.2, 0.25) is 5.02 Å². The second-order valence-electron chi connectivity index (χ2n) is 5.99. The van der Waals surface area contributed by atoms with Crippen LogP contribution < -0.4 is 5.73 Å². The third kappa shape index (κ3) is 3.01. The first-order chi connectivity index (χ1) is 9.88. The maximum atomic E-state index is 12.8. The van der Waals surface area contributed by atoms with E-state index >= 15 is 0 Å². The van der Waals surface area contributed by atoms with Gasteiger partial charge in [-0.25, -0.2) is 8.42 Å². The molecule has 21 heavy (non-hydrogen) atoms. The predicted octanol–water partition coefficient (Wildman–Crippen LogP) is 2.85. The van der Waals surface area contributed by atoms with Crippen LogP contribution in [-0.4, -0.2) is 31.9 Å². The number of sulfonamides is 1. The standard InChI is InChI=1S/C14H18BrClN2O2S/c15-13-6-12(3-4-14(13)16)21(19,20)18-7-9-1-2-11(17)5-10(9)8-18/h3-4,6,9-11H,1-2,5,7-8,17H2/t9-,10+,11?/m1/s1. The SMILES string of the molecule is NC1CC[C@@H]2CN(S(=O)(=O)c3ccc(Cl)c(Br)c3)C[C@@H]2C1. The Morgan fingerprint density at radius 3 is 2.67 bits per heavy atom. The van der Waals surface area contributed by atoms with Gasteiger partial charge in [0.2, 0.25) is 10.0 Å². The topological polar surface area (TPSA) is 63.4 Å². The Balaban J connectivity index is 1.84.